The summed E-state index contributed by atoms with van der Waals surface area (Å²) < 4.78 is 26.6. The van der Waals surface area contributed by atoms with Crippen molar-refractivity contribution < 1.29 is 13.2 Å². The Labute approximate surface area is 188 Å². The van der Waals surface area contributed by atoms with E-state index in [1.165, 1.54) is 22.5 Å². The summed E-state index contributed by atoms with van der Waals surface area (Å²) >= 11 is 0. The number of nitrogens with zero attached hydrogens (tertiary/aromatic N) is 1. The van der Waals surface area contributed by atoms with Gasteiger partial charge in [0.1, 0.15) is 5.56 Å². The lowest BCUT2D eigenvalue weighted by Crippen LogP contribution is -2.32. The number of rotatable bonds is 8. The SMILES string of the molecule is CCN(CC)S(=O)(=O)c1ccc(C(C)NC(=O)c2ccc(-c3ccccc3)[nH]c2=O)cc1. The van der Waals surface area contributed by atoms with Crippen LogP contribution in [0, 0.1) is 0 Å². The molecule has 1 aromatic heterocycles. The fourth-order valence-electron chi connectivity index (χ4n) is 3.44. The van der Waals surface area contributed by atoms with E-state index in [0.29, 0.717) is 18.8 Å². The highest BCUT2D eigenvalue weighted by atomic mass is 32.2. The third-order valence-corrected chi connectivity index (χ3v) is 7.37. The van der Waals surface area contributed by atoms with Crippen LogP contribution in [-0.4, -0.2) is 36.7 Å². The number of hydrogen-bond donors (Lipinski definition) is 2. The number of aromatic amines is 1. The lowest BCUT2D eigenvalue weighted by Gasteiger charge is -2.19. The Hall–Kier alpha value is -3.23. The van der Waals surface area contributed by atoms with Gasteiger partial charge in [-0.2, -0.15) is 4.31 Å². The van der Waals surface area contributed by atoms with Crippen LogP contribution in [0.1, 0.15) is 42.7 Å². The molecule has 0 fully saturated rings. The molecule has 7 nitrogen and oxygen atoms in total. The second kappa shape index (κ2) is 9.93. The number of hydrogen-bond acceptors (Lipinski definition) is 4. The number of carbonyl (C=O) groups is 1. The highest BCUT2D eigenvalue weighted by Gasteiger charge is 2.22. The Bertz CT molecular complexity index is 1230. The van der Waals surface area contributed by atoms with E-state index < -0.39 is 27.5 Å². The number of nitrogens with one attached hydrogen (secondary N) is 2. The first kappa shape index (κ1) is 23.4. The van der Waals surface area contributed by atoms with E-state index in [2.05, 4.69) is 10.3 Å². The van der Waals surface area contributed by atoms with Gasteiger partial charge in [0, 0.05) is 18.8 Å². The molecule has 1 unspecified atom stereocenters. The van der Waals surface area contributed by atoms with E-state index in [-0.39, 0.29) is 10.5 Å². The van der Waals surface area contributed by atoms with E-state index in [1.54, 1.807) is 39.0 Å². The molecule has 3 rings (SSSR count). The molecule has 0 saturated heterocycles. The second-order valence-corrected chi connectivity index (χ2v) is 9.27. The van der Waals surface area contributed by atoms with Gasteiger partial charge in [-0.1, -0.05) is 56.3 Å². The summed E-state index contributed by atoms with van der Waals surface area (Å²) in [6, 6.07) is 18.6. The first-order chi connectivity index (χ1) is 15.3. The largest absolute Gasteiger partial charge is 0.345 e. The zero-order valence-electron chi connectivity index (χ0n) is 18.3. The monoisotopic (exact) mass is 453 g/mol. The summed E-state index contributed by atoms with van der Waals surface area (Å²) in [5.41, 5.74) is 1.75. The number of H-pyrrole nitrogens is 1. The number of amides is 1. The molecule has 0 aliphatic rings. The molecule has 0 aliphatic carbocycles. The first-order valence-corrected chi connectivity index (χ1v) is 11.9. The highest BCUT2D eigenvalue weighted by molar-refractivity contribution is 7.89. The van der Waals surface area contributed by atoms with Crippen LogP contribution in [-0.2, 0) is 10.0 Å². The van der Waals surface area contributed by atoms with E-state index in [0.717, 1.165) is 11.1 Å². The number of aromatic nitrogens is 1. The Morgan fingerprint density at radius 3 is 2.16 bits per heavy atom. The van der Waals surface area contributed by atoms with Crippen LogP contribution < -0.4 is 10.9 Å². The van der Waals surface area contributed by atoms with Gasteiger partial charge in [0.25, 0.3) is 11.5 Å². The molecule has 1 atom stereocenters. The van der Waals surface area contributed by atoms with Crippen molar-refractivity contribution in [3.8, 4) is 11.3 Å². The number of sulfonamides is 1. The summed E-state index contributed by atoms with van der Waals surface area (Å²) in [6.07, 6.45) is 0. The molecule has 1 amide bonds. The standard InChI is InChI=1S/C24H27N3O4S/c1-4-27(5-2)32(30,31)20-13-11-18(12-14-20)17(3)25-23(28)21-15-16-22(26-24(21)29)19-9-7-6-8-10-19/h6-17H,4-5H2,1-3H3,(H,25,28)(H,26,29). The highest BCUT2D eigenvalue weighted by Crippen LogP contribution is 2.20. The summed E-state index contributed by atoms with van der Waals surface area (Å²) in [4.78, 5) is 28.1. The third kappa shape index (κ3) is 4.98. The van der Waals surface area contributed by atoms with E-state index in [1.807, 2.05) is 30.3 Å². The molecule has 0 aliphatic heterocycles. The fraction of sp³-hybridized carbons (Fsp3) is 0.250. The minimum Gasteiger partial charge on any atom is -0.345 e. The van der Waals surface area contributed by atoms with E-state index in [9.17, 15) is 18.0 Å². The predicted molar refractivity (Wildman–Crippen MR) is 125 cm³/mol. The van der Waals surface area contributed by atoms with Crippen molar-refractivity contribution in [1.82, 2.24) is 14.6 Å². The summed E-state index contributed by atoms with van der Waals surface area (Å²) in [6.45, 7) is 6.15. The molecule has 0 saturated carbocycles. The van der Waals surface area contributed by atoms with Gasteiger partial charge in [0.2, 0.25) is 10.0 Å². The average Bonchev–Trinajstić information content (AvgIpc) is 2.80. The number of benzene rings is 2. The van der Waals surface area contributed by atoms with Crippen molar-refractivity contribution in [2.24, 2.45) is 0 Å². The molecular weight excluding hydrogens is 426 g/mol. The van der Waals surface area contributed by atoms with Crippen LogP contribution in [0.15, 0.2) is 76.4 Å². The minimum absolute atomic E-state index is 0.0114. The molecule has 0 spiro atoms. The van der Waals surface area contributed by atoms with Gasteiger partial charge in [-0.3, -0.25) is 9.59 Å². The molecule has 2 N–H and O–H groups in total. The van der Waals surface area contributed by atoms with Crippen molar-refractivity contribution in [2.45, 2.75) is 31.7 Å². The van der Waals surface area contributed by atoms with Gasteiger partial charge in [0.15, 0.2) is 0 Å². The molecule has 32 heavy (non-hydrogen) atoms. The number of pyridine rings is 1. The minimum atomic E-state index is -3.54. The van der Waals surface area contributed by atoms with Crippen molar-refractivity contribution >= 4 is 15.9 Å². The third-order valence-electron chi connectivity index (χ3n) is 5.31. The summed E-state index contributed by atoms with van der Waals surface area (Å²) in [5, 5.41) is 2.80. The van der Waals surface area contributed by atoms with Crippen LogP contribution in [0.4, 0.5) is 0 Å². The quantitative estimate of drug-likeness (QED) is 0.545. The van der Waals surface area contributed by atoms with Gasteiger partial charge in [-0.25, -0.2) is 8.42 Å². The lowest BCUT2D eigenvalue weighted by molar-refractivity contribution is 0.0938. The Balaban J connectivity index is 1.74. The van der Waals surface area contributed by atoms with Gasteiger partial charge in [-0.15, -0.1) is 0 Å². The maximum atomic E-state index is 12.7. The summed E-state index contributed by atoms with van der Waals surface area (Å²) in [7, 11) is -3.54. The molecule has 168 valence electrons. The molecule has 0 bridgehead atoms. The summed E-state index contributed by atoms with van der Waals surface area (Å²) in [5.74, 6) is -0.502. The number of carbonyl (C=O) groups excluding carboxylic acids is 1. The van der Waals surface area contributed by atoms with Crippen LogP contribution in [0.25, 0.3) is 11.3 Å². The topological polar surface area (TPSA) is 99.3 Å². The van der Waals surface area contributed by atoms with Crippen molar-refractivity contribution in [2.75, 3.05) is 13.1 Å². The van der Waals surface area contributed by atoms with Crippen LogP contribution in [0.3, 0.4) is 0 Å². The Morgan fingerprint density at radius 1 is 0.969 bits per heavy atom. The normalized spacial score (nSPS) is 12.5. The molecular formula is C24H27N3O4S. The van der Waals surface area contributed by atoms with Crippen molar-refractivity contribution in [1.29, 1.82) is 0 Å². The molecule has 2 aromatic carbocycles. The lowest BCUT2D eigenvalue weighted by atomic mass is 10.1. The molecule has 1 heterocycles. The Kier molecular flexibility index (Phi) is 7.27. The Morgan fingerprint density at radius 2 is 1.59 bits per heavy atom. The van der Waals surface area contributed by atoms with Gasteiger partial charge >= 0.3 is 0 Å². The van der Waals surface area contributed by atoms with Crippen LogP contribution in [0.5, 0.6) is 0 Å². The van der Waals surface area contributed by atoms with Gasteiger partial charge in [-0.05, 0) is 42.3 Å². The van der Waals surface area contributed by atoms with Crippen LogP contribution in [0.2, 0.25) is 0 Å². The predicted octanol–water partition coefficient (Wildman–Crippen LogP) is 3.56. The van der Waals surface area contributed by atoms with Crippen molar-refractivity contribution in [3.63, 3.8) is 0 Å². The molecule has 8 heteroatoms. The smallest absolute Gasteiger partial charge is 0.261 e. The van der Waals surface area contributed by atoms with E-state index in [4.69, 9.17) is 0 Å². The second-order valence-electron chi connectivity index (χ2n) is 7.33. The van der Waals surface area contributed by atoms with Gasteiger partial charge < -0.3 is 10.3 Å². The van der Waals surface area contributed by atoms with Gasteiger partial charge in [0.05, 0.1) is 10.9 Å². The average molecular weight is 454 g/mol. The van der Waals surface area contributed by atoms with E-state index >= 15 is 0 Å². The van der Waals surface area contributed by atoms with Crippen LogP contribution >= 0.6 is 0 Å². The fourth-order valence-corrected chi connectivity index (χ4v) is 4.90. The zero-order valence-corrected chi connectivity index (χ0v) is 19.1. The first-order valence-electron chi connectivity index (χ1n) is 10.5. The van der Waals surface area contributed by atoms with Crippen molar-refractivity contribution in [3.05, 3.63) is 88.2 Å². The molecule has 3 aromatic rings. The zero-order chi connectivity index (χ0) is 23.3. The maximum absolute atomic E-state index is 12.7. The molecule has 0 radical (unpaired) electrons. The maximum Gasteiger partial charge on any atom is 0.261 e.